The van der Waals surface area contributed by atoms with Gasteiger partial charge in [0, 0.05) is 37.8 Å². The second-order valence-corrected chi connectivity index (χ2v) is 7.11. The van der Waals surface area contributed by atoms with Crippen molar-refractivity contribution < 1.29 is 14.3 Å². The molecule has 130 valence electrons. The Balaban J connectivity index is 1.61. The highest BCUT2D eigenvalue weighted by molar-refractivity contribution is 5.94. The van der Waals surface area contributed by atoms with Crippen molar-refractivity contribution in [2.24, 2.45) is 11.8 Å². The van der Waals surface area contributed by atoms with Crippen molar-refractivity contribution in [3.63, 3.8) is 0 Å². The van der Waals surface area contributed by atoms with Crippen LogP contribution in [0.3, 0.4) is 0 Å². The minimum absolute atomic E-state index is 0.0333. The minimum Gasteiger partial charge on any atom is -0.384 e. The summed E-state index contributed by atoms with van der Waals surface area (Å²) in [4.78, 5) is 24.3. The number of piperidine rings is 1. The van der Waals surface area contributed by atoms with E-state index in [1.165, 1.54) is 0 Å². The number of aryl methyl sites for hydroxylation is 1. The highest BCUT2D eigenvalue weighted by Crippen LogP contribution is 2.35. The number of hydrogen-bond donors (Lipinski definition) is 2. The first-order chi connectivity index (χ1) is 11.6. The molecule has 0 spiro atoms. The van der Waals surface area contributed by atoms with Crippen LogP contribution in [-0.2, 0) is 9.53 Å². The molecule has 1 saturated carbocycles. The Labute approximate surface area is 143 Å². The summed E-state index contributed by atoms with van der Waals surface area (Å²) in [6.45, 7) is 2.64. The number of hydrogen-bond acceptors (Lipinski definition) is 3. The Kier molecular flexibility index (Phi) is 5.19. The van der Waals surface area contributed by atoms with E-state index in [0.717, 1.165) is 24.8 Å². The molecule has 1 aromatic rings. The van der Waals surface area contributed by atoms with Crippen molar-refractivity contribution in [1.82, 2.24) is 10.6 Å². The van der Waals surface area contributed by atoms with E-state index in [1.54, 1.807) is 7.11 Å². The Bertz CT molecular complexity index is 599. The standard InChI is InChI=1S/C19H26N2O3/c1-12-3-5-13(6-4-12)19(23)20-15-7-8-16-14(11-24-2)9-18(22)21-17(16)10-15/h3-6,14-17H,7-11H2,1-2H3,(H,20,23)(H,21,22). The molecule has 5 nitrogen and oxygen atoms in total. The first-order valence-corrected chi connectivity index (χ1v) is 8.72. The van der Waals surface area contributed by atoms with Gasteiger partial charge in [-0.15, -0.1) is 0 Å². The van der Waals surface area contributed by atoms with E-state index in [2.05, 4.69) is 10.6 Å². The molecule has 2 amide bonds. The number of carbonyl (C=O) groups is 2. The zero-order valence-corrected chi connectivity index (χ0v) is 14.4. The molecule has 2 fully saturated rings. The van der Waals surface area contributed by atoms with E-state index >= 15 is 0 Å². The van der Waals surface area contributed by atoms with Crippen LogP contribution in [0.1, 0.15) is 41.6 Å². The largest absolute Gasteiger partial charge is 0.384 e. The monoisotopic (exact) mass is 330 g/mol. The van der Waals surface area contributed by atoms with Crippen LogP contribution in [0.2, 0.25) is 0 Å². The lowest BCUT2D eigenvalue weighted by Crippen LogP contribution is -2.56. The van der Waals surface area contributed by atoms with Gasteiger partial charge in [-0.2, -0.15) is 0 Å². The summed E-state index contributed by atoms with van der Waals surface area (Å²) in [5, 5.41) is 6.24. The fraction of sp³-hybridized carbons (Fsp3) is 0.579. The molecular formula is C19H26N2O3. The van der Waals surface area contributed by atoms with Gasteiger partial charge in [-0.05, 0) is 50.2 Å². The van der Waals surface area contributed by atoms with Gasteiger partial charge in [0.2, 0.25) is 5.91 Å². The van der Waals surface area contributed by atoms with E-state index < -0.39 is 0 Å². The molecular weight excluding hydrogens is 304 g/mol. The van der Waals surface area contributed by atoms with Gasteiger partial charge in [0.05, 0.1) is 0 Å². The molecule has 1 heterocycles. The third kappa shape index (κ3) is 3.78. The van der Waals surface area contributed by atoms with Crippen molar-refractivity contribution in [2.45, 2.75) is 44.7 Å². The van der Waals surface area contributed by atoms with Crippen LogP contribution in [0.5, 0.6) is 0 Å². The second kappa shape index (κ2) is 7.34. The number of nitrogens with one attached hydrogen (secondary N) is 2. The van der Waals surface area contributed by atoms with E-state index in [4.69, 9.17) is 4.74 Å². The van der Waals surface area contributed by atoms with Crippen LogP contribution < -0.4 is 10.6 Å². The molecule has 4 atom stereocenters. The van der Waals surface area contributed by atoms with Gasteiger partial charge >= 0.3 is 0 Å². The van der Waals surface area contributed by atoms with Gasteiger partial charge in [-0.1, -0.05) is 17.7 Å². The first kappa shape index (κ1) is 17.0. The van der Waals surface area contributed by atoms with Crippen molar-refractivity contribution in [3.8, 4) is 0 Å². The summed E-state index contributed by atoms with van der Waals surface area (Å²) in [6.07, 6.45) is 3.32. The zero-order valence-electron chi connectivity index (χ0n) is 14.4. The molecule has 0 radical (unpaired) electrons. The van der Waals surface area contributed by atoms with Crippen LogP contribution in [-0.4, -0.2) is 37.6 Å². The molecule has 24 heavy (non-hydrogen) atoms. The fourth-order valence-corrected chi connectivity index (χ4v) is 4.08. The maximum atomic E-state index is 12.4. The molecule has 5 heteroatoms. The second-order valence-electron chi connectivity index (χ2n) is 7.11. The third-order valence-corrected chi connectivity index (χ3v) is 5.33. The summed E-state index contributed by atoms with van der Waals surface area (Å²) in [7, 11) is 1.69. The molecule has 0 aromatic heterocycles. The molecule has 2 N–H and O–H groups in total. The summed E-state index contributed by atoms with van der Waals surface area (Å²) in [5.74, 6) is 0.815. The highest BCUT2D eigenvalue weighted by Gasteiger charge is 2.40. The Morgan fingerprint density at radius 3 is 2.75 bits per heavy atom. The number of carbonyl (C=O) groups excluding carboxylic acids is 2. The smallest absolute Gasteiger partial charge is 0.251 e. The minimum atomic E-state index is -0.0333. The molecule has 3 rings (SSSR count). The van der Waals surface area contributed by atoms with Crippen LogP contribution in [0.4, 0.5) is 0 Å². The van der Waals surface area contributed by atoms with Crippen LogP contribution >= 0.6 is 0 Å². The van der Waals surface area contributed by atoms with Crippen molar-refractivity contribution in [3.05, 3.63) is 35.4 Å². The Morgan fingerprint density at radius 2 is 2.04 bits per heavy atom. The molecule has 1 aromatic carbocycles. The molecule has 4 unspecified atom stereocenters. The number of rotatable bonds is 4. The first-order valence-electron chi connectivity index (χ1n) is 8.72. The summed E-state index contributed by atoms with van der Waals surface area (Å²) in [5.41, 5.74) is 1.83. The van der Waals surface area contributed by atoms with E-state index in [-0.39, 0.29) is 23.9 Å². The molecule has 0 bridgehead atoms. The van der Waals surface area contributed by atoms with Gasteiger partial charge in [0.1, 0.15) is 0 Å². The van der Waals surface area contributed by atoms with Gasteiger partial charge < -0.3 is 15.4 Å². The van der Waals surface area contributed by atoms with Gasteiger partial charge in [0.15, 0.2) is 0 Å². The number of benzene rings is 1. The molecule has 1 aliphatic carbocycles. The number of fused-ring (bicyclic) bond motifs is 1. The predicted octanol–water partition coefficient (Wildman–Crippen LogP) is 2.04. The van der Waals surface area contributed by atoms with Crippen molar-refractivity contribution >= 4 is 11.8 Å². The van der Waals surface area contributed by atoms with Crippen LogP contribution in [0, 0.1) is 18.8 Å². The number of methoxy groups -OCH3 is 1. The Morgan fingerprint density at radius 1 is 1.29 bits per heavy atom. The highest BCUT2D eigenvalue weighted by atomic mass is 16.5. The molecule has 2 aliphatic rings. The third-order valence-electron chi connectivity index (χ3n) is 5.33. The fourth-order valence-electron chi connectivity index (χ4n) is 4.08. The van der Waals surface area contributed by atoms with Gasteiger partial charge in [-0.25, -0.2) is 0 Å². The number of ether oxygens (including phenoxy) is 1. The summed E-state index contributed by atoms with van der Waals surface area (Å²) < 4.78 is 5.29. The lowest BCUT2D eigenvalue weighted by molar-refractivity contribution is -0.128. The summed E-state index contributed by atoms with van der Waals surface area (Å²) >= 11 is 0. The number of amides is 2. The lowest BCUT2D eigenvalue weighted by Gasteiger charge is -2.43. The van der Waals surface area contributed by atoms with Crippen molar-refractivity contribution in [1.29, 1.82) is 0 Å². The average Bonchev–Trinajstić information content (AvgIpc) is 2.55. The predicted molar refractivity (Wildman–Crippen MR) is 91.7 cm³/mol. The lowest BCUT2D eigenvalue weighted by atomic mass is 9.71. The average molecular weight is 330 g/mol. The SMILES string of the molecule is COCC1CC(=O)NC2CC(NC(=O)c3ccc(C)cc3)CCC12. The van der Waals surface area contributed by atoms with E-state index in [0.29, 0.717) is 30.4 Å². The topological polar surface area (TPSA) is 67.4 Å². The molecule has 1 saturated heterocycles. The van der Waals surface area contributed by atoms with E-state index in [1.807, 2.05) is 31.2 Å². The molecule has 1 aliphatic heterocycles. The zero-order chi connectivity index (χ0) is 17.1. The van der Waals surface area contributed by atoms with Gasteiger partial charge in [-0.3, -0.25) is 9.59 Å². The maximum absolute atomic E-state index is 12.4. The van der Waals surface area contributed by atoms with Crippen molar-refractivity contribution in [2.75, 3.05) is 13.7 Å². The maximum Gasteiger partial charge on any atom is 0.251 e. The van der Waals surface area contributed by atoms with Crippen LogP contribution in [0.15, 0.2) is 24.3 Å². The van der Waals surface area contributed by atoms with E-state index in [9.17, 15) is 9.59 Å². The van der Waals surface area contributed by atoms with Gasteiger partial charge in [0.25, 0.3) is 5.91 Å². The Hall–Kier alpha value is -1.88. The van der Waals surface area contributed by atoms with Crippen LogP contribution in [0.25, 0.3) is 0 Å². The normalized spacial score (nSPS) is 29.5. The summed E-state index contributed by atoms with van der Waals surface area (Å²) in [6, 6.07) is 7.86. The quantitative estimate of drug-likeness (QED) is 0.888.